The molecule has 0 aliphatic rings. The molecule has 1 heterocycles. The standard InChI is InChI=1S/C23H17BrN2O3S/c24-17-12-16(10-11-20(17)29-14-15-6-2-1-3-7-15)13-21(22(27)28)30-23-25-18-8-4-5-9-19(18)26-23/h1-13H,14H2,(H,25,26)(H,27,28)/b21-13-. The molecular weight excluding hydrogens is 464 g/mol. The number of para-hydroxylation sites is 2. The number of carbonyl (C=O) groups is 1. The first kappa shape index (κ1) is 20.3. The first-order chi connectivity index (χ1) is 14.6. The molecule has 4 aromatic rings. The van der Waals surface area contributed by atoms with Crippen molar-refractivity contribution in [2.45, 2.75) is 11.8 Å². The van der Waals surface area contributed by atoms with Gasteiger partial charge in [-0.05, 0) is 69.2 Å². The summed E-state index contributed by atoms with van der Waals surface area (Å²) in [6.45, 7) is 0.455. The topological polar surface area (TPSA) is 75.2 Å². The largest absolute Gasteiger partial charge is 0.488 e. The lowest BCUT2D eigenvalue weighted by Crippen LogP contribution is -1.98. The summed E-state index contributed by atoms with van der Waals surface area (Å²) < 4.78 is 6.61. The average molecular weight is 481 g/mol. The summed E-state index contributed by atoms with van der Waals surface area (Å²) in [7, 11) is 0. The van der Waals surface area contributed by atoms with Gasteiger partial charge >= 0.3 is 5.97 Å². The van der Waals surface area contributed by atoms with Crippen LogP contribution in [0.2, 0.25) is 0 Å². The number of aliphatic carboxylic acids is 1. The number of benzene rings is 3. The van der Waals surface area contributed by atoms with Crippen molar-refractivity contribution >= 4 is 50.8 Å². The van der Waals surface area contributed by atoms with Crippen molar-refractivity contribution in [2.24, 2.45) is 0 Å². The first-order valence-corrected chi connectivity index (χ1v) is 10.7. The molecule has 150 valence electrons. The Morgan fingerprint density at radius 1 is 1.10 bits per heavy atom. The van der Waals surface area contributed by atoms with Crippen LogP contribution in [0.3, 0.4) is 0 Å². The second-order valence-electron chi connectivity index (χ2n) is 6.44. The third kappa shape index (κ3) is 4.93. The Hall–Kier alpha value is -3.03. The van der Waals surface area contributed by atoms with Crippen molar-refractivity contribution in [1.82, 2.24) is 9.97 Å². The number of thioether (sulfide) groups is 1. The summed E-state index contributed by atoms with van der Waals surface area (Å²) in [5.74, 6) is -0.321. The van der Waals surface area contributed by atoms with E-state index in [4.69, 9.17) is 4.74 Å². The van der Waals surface area contributed by atoms with Gasteiger partial charge in [0.05, 0.1) is 15.5 Å². The number of halogens is 1. The van der Waals surface area contributed by atoms with Crippen LogP contribution < -0.4 is 4.74 Å². The summed E-state index contributed by atoms with van der Waals surface area (Å²) >= 11 is 4.59. The van der Waals surface area contributed by atoms with E-state index in [-0.39, 0.29) is 4.91 Å². The number of carboxylic acids is 1. The second kappa shape index (κ2) is 9.19. The number of imidazole rings is 1. The molecule has 0 radical (unpaired) electrons. The highest BCUT2D eigenvalue weighted by atomic mass is 79.9. The lowest BCUT2D eigenvalue weighted by atomic mass is 10.2. The van der Waals surface area contributed by atoms with E-state index in [9.17, 15) is 9.90 Å². The van der Waals surface area contributed by atoms with Crippen molar-refractivity contribution in [3.8, 4) is 5.75 Å². The van der Waals surface area contributed by atoms with Gasteiger partial charge in [-0.3, -0.25) is 0 Å². The zero-order valence-corrected chi connectivity index (χ0v) is 18.1. The summed E-state index contributed by atoms with van der Waals surface area (Å²) in [6.07, 6.45) is 1.62. The van der Waals surface area contributed by atoms with Gasteiger partial charge in [-0.15, -0.1) is 0 Å². The summed E-state index contributed by atoms with van der Waals surface area (Å²) in [5.41, 5.74) is 3.48. The third-order valence-electron chi connectivity index (χ3n) is 4.28. The molecule has 0 spiro atoms. The van der Waals surface area contributed by atoms with Crippen LogP contribution in [-0.2, 0) is 11.4 Å². The van der Waals surface area contributed by atoms with E-state index in [1.165, 1.54) is 0 Å². The van der Waals surface area contributed by atoms with Crippen LogP contribution in [-0.4, -0.2) is 21.0 Å². The van der Waals surface area contributed by atoms with Crippen molar-refractivity contribution in [1.29, 1.82) is 0 Å². The predicted molar refractivity (Wildman–Crippen MR) is 122 cm³/mol. The van der Waals surface area contributed by atoms with E-state index in [1.807, 2.05) is 72.8 Å². The lowest BCUT2D eigenvalue weighted by Gasteiger charge is -2.09. The molecule has 4 rings (SSSR count). The molecule has 3 aromatic carbocycles. The highest BCUT2D eigenvalue weighted by Crippen LogP contribution is 2.31. The molecule has 0 fully saturated rings. The Bertz CT molecular complexity index is 1190. The maximum atomic E-state index is 11.8. The number of hydrogen-bond donors (Lipinski definition) is 2. The third-order valence-corrected chi connectivity index (χ3v) is 5.79. The van der Waals surface area contributed by atoms with Crippen molar-refractivity contribution in [3.05, 3.63) is 93.3 Å². The van der Waals surface area contributed by atoms with Gasteiger partial charge in [0.25, 0.3) is 0 Å². The number of aromatic amines is 1. The zero-order chi connectivity index (χ0) is 20.9. The SMILES string of the molecule is O=C(O)/C(=C/c1ccc(OCc2ccccc2)c(Br)c1)Sc1nc2ccccc2[nH]1. The minimum absolute atomic E-state index is 0.166. The number of nitrogens with zero attached hydrogens (tertiary/aromatic N) is 1. The molecule has 7 heteroatoms. The fourth-order valence-corrected chi connectivity index (χ4v) is 4.13. The normalized spacial score (nSPS) is 11.6. The monoisotopic (exact) mass is 480 g/mol. The lowest BCUT2D eigenvalue weighted by molar-refractivity contribution is -0.131. The number of H-pyrrole nitrogens is 1. The van der Waals surface area contributed by atoms with Crippen molar-refractivity contribution in [2.75, 3.05) is 0 Å². The Morgan fingerprint density at radius 2 is 1.87 bits per heavy atom. The van der Waals surface area contributed by atoms with Gasteiger partial charge in [0.15, 0.2) is 5.16 Å². The summed E-state index contributed by atoms with van der Waals surface area (Å²) in [6, 6.07) is 23.0. The van der Waals surface area contributed by atoms with Crippen LogP contribution in [0.5, 0.6) is 5.75 Å². The number of carboxylic acid groups (broad SMARTS) is 1. The predicted octanol–water partition coefficient (Wildman–Crippen LogP) is 6.12. The van der Waals surface area contributed by atoms with E-state index in [0.717, 1.165) is 38.4 Å². The molecule has 0 aliphatic carbocycles. The van der Waals surface area contributed by atoms with Crippen molar-refractivity contribution in [3.63, 3.8) is 0 Å². The highest BCUT2D eigenvalue weighted by molar-refractivity contribution is 9.10. The van der Waals surface area contributed by atoms with Gasteiger partial charge in [0, 0.05) is 0 Å². The summed E-state index contributed by atoms with van der Waals surface area (Å²) in [5, 5.41) is 10.2. The minimum atomic E-state index is -1.01. The van der Waals surface area contributed by atoms with E-state index in [1.54, 1.807) is 6.08 Å². The molecule has 0 saturated carbocycles. The Labute approximate surface area is 185 Å². The van der Waals surface area contributed by atoms with Crippen LogP contribution in [0.4, 0.5) is 0 Å². The van der Waals surface area contributed by atoms with Crippen LogP contribution >= 0.6 is 27.7 Å². The number of rotatable bonds is 7. The number of hydrogen-bond acceptors (Lipinski definition) is 4. The average Bonchev–Trinajstić information content (AvgIpc) is 3.16. The van der Waals surface area contributed by atoms with Gasteiger partial charge < -0.3 is 14.8 Å². The number of aromatic nitrogens is 2. The van der Waals surface area contributed by atoms with Gasteiger partial charge in [-0.2, -0.15) is 0 Å². The fraction of sp³-hybridized carbons (Fsp3) is 0.0435. The molecule has 0 bridgehead atoms. The molecule has 2 N–H and O–H groups in total. The first-order valence-electron chi connectivity index (χ1n) is 9.12. The fourth-order valence-electron chi connectivity index (χ4n) is 2.83. The maximum absolute atomic E-state index is 11.8. The second-order valence-corrected chi connectivity index (χ2v) is 8.32. The molecule has 5 nitrogen and oxygen atoms in total. The van der Waals surface area contributed by atoms with Gasteiger partial charge in [-0.25, -0.2) is 9.78 Å². The molecule has 1 aromatic heterocycles. The van der Waals surface area contributed by atoms with Gasteiger partial charge in [-0.1, -0.05) is 48.5 Å². The van der Waals surface area contributed by atoms with E-state index in [0.29, 0.717) is 17.5 Å². The number of fused-ring (bicyclic) bond motifs is 1. The smallest absolute Gasteiger partial charge is 0.342 e. The van der Waals surface area contributed by atoms with Crippen LogP contribution in [0, 0.1) is 0 Å². The van der Waals surface area contributed by atoms with Crippen LogP contribution in [0.25, 0.3) is 17.1 Å². The van der Waals surface area contributed by atoms with E-state index in [2.05, 4.69) is 25.9 Å². The number of nitrogens with one attached hydrogen (secondary N) is 1. The molecule has 0 amide bonds. The quantitative estimate of drug-likeness (QED) is 0.246. The molecular formula is C23H17BrN2O3S. The minimum Gasteiger partial charge on any atom is -0.488 e. The molecule has 0 unspecified atom stereocenters. The van der Waals surface area contributed by atoms with Crippen molar-refractivity contribution < 1.29 is 14.6 Å². The van der Waals surface area contributed by atoms with E-state index < -0.39 is 5.97 Å². The Kier molecular flexibility index (Phi) is 6.21. The number of ether oxygens (including phenoxy) is 1. The van der Waals surface area contributed by atoms with Gasteiger partial charge in [0.1, 0.15) is 17.3 Å². The van der Waals surface area contributed by atoms with Crippen LogP contribution in [0.1, 0.15) is 11.1 Å². The maximum Gasteiger partial charge on any atom is 0.342 e. The Balaban J connectivity index is 1.51. The van der Waals surface area contributed by atoms with Crippen LogP contribution in [0.15, 0.2) is 87.3 Å². The molecule has 0 aliphatic heterocycles. The summed E-state index contributed by atoms with van der Waals surface area (Å²) in [4.78, 5) is 19.5. The van der Waals surface area contributed by atoms with E-state index >= 15 is 0 Å². The highest BCUT2D eigenvalue weighted by Gasteiger charge is 2.13. The molecule has 0 saturated heterocycles. The molecule has 30 heavy (non-hydrogen) atoms. The zero-order valence-electron chi connectivity index (χ0n) is 15.7. The Morgan fingerprint density at radius 3 is 2.60 bits per heavy atom. The van der Waals surface area contributed by atoms with Gasteiger partial charge in [0.2, 0.25) is 0 Å². The molecule has 0 atom stereocenters.